The van der Waals surface area contributed by atoms with E-state index in [1.54, 1.807) is 0 Å². The summed E-state index contributed by atoms with van der Waals surface area (Å²) in [7, 11) is 0. The van der Waals surface area contributed by atoms with Gasteiger partial charge in [0.2, 0.25) is 0 Å². The number of esters is 1. The third kappa shape index (κ3) is 2.32. The van der Waals surface area contributed by atoms with Crippen LogP contribution in [0.25, 0.3) is 10.9 Å². The van der Waals surface area contributed by atoms with Gasteiger partial charge in [-0.2, -0.15) is 0 Å². The first kappa shape index (κ1) is 12.5. The molecule has 1 aromatic carbocycles. The number of hydrogen-bond donors (Lipinski definition) is 2. The number of nitrogens with two attached hydrogens (primary N) is 1. The maximum atomic E-state index is 12.1. The number of aromatic nitrogens is 1. The molecule has 2 aromatic rings. The number of carbonyl (C=O) groups is 1. The molecule has 18 heavy (non-hydrogen) atoms. The van der Waals surface area contributed by atoms with Crippen LogP contribution in [-0.2, 0) is 4.74 Å². The number of aromatic amines is 1. The summed E-state index contributed by atoms with van der Waals surface area (Å²) >= 11 is 0. The summed E-state index contributed by atoms with van der Waals surface area (Å²) in [4.78, 5) is 15.1. The topological polar surface area (TPSA) is 68.1 Å². The lowest BCUT2D eigenvalue weighted by Crippen LogP contribution is -2.24. The second-order valence-electron chi connectivity index (χ2n) is 5.46. The Labute approximate surface area is 106 Å². The van der Waals surface area contributed by atoms with Crippen LogP contribution in [0.15, 0.2) is 18.2 Å². The van der Waals surface area contributed by atoms with Crippen molar-refractivity contribution in [3.05, 3.63) is 29.3 Å². The van der Waals surface area contributed by atoms with Crippen LogP contribution in [0.5, 0.6) is 0 Å². The number of anilines is 1. The molecule has 0 aliphatic heterocycles. The van der Waals surface area contributed by atoms with Crippen molar-refractivity contribution in [2.75, 3.05) is 5.73 Å². The smallest absolute Gasteiger partial charge is 0.343 e. The number of fused-ring (bicyclic) bond motifs is 1. The van der Waals surface area contributed by atoms with Gasteiger partial charge < -0.3 is 15.5 Å². The van der Waals surface area contributed by atoms with Crippen LogP contribution in [0.1, 0.15) is 36.7 Å². The predicted molar refractivity (Wildman–Crippen MR) is 72.6 cm³/mol. The Kier molecular flexibility index (Phi) is 2.81. The van der Waals surface area contributed by atoms with E-state index in [2.05, 4.69) is 4.98 Å². The number of ether oxygens (including phenoxy) is 1. The second kappa shape index (κ2) is 4.05. The quantitative estimate of drug-likeness (QED) is 0.760. The van der Waals surface area contributed by atoms with E-state index in [0.29, 0.717) is 11.4 Å². The van der Waals surface area contributed by atoms with Crippen LogP contribution >= 0.6 is 0 Å². The van der Waals surface area contributed by atoms with Crippen molar-refractivity contribution in [1.29, 1.82) is 0 Å². The molecule has 0 saturated carbocycles. The van der Waals surface area contributed by atoms with E-state index in [0.717, 1.165) is 16.5 Å². The largest absolute Gasteiger partial charge is 0.456 e. The summed E-state index contributed by atoms with van der Waals surface area (Å²) in [6, 6.07) is 5.81. The summed E-state index contributed by atoms with van der Waals surface area (Å²) in [6.07, 6.45) is 0. The summed E-state index contributed by atoms with van der Waals surface area (Å²) in [6.45, 7) is 7.48. The minimum atomic E-state index is -0.531. The Morgan fingerprint density at radius 1 is 1.33 bits per heavy atom. The molecule has 4 nitrogen and oxygen atoms in total. The van der Waals surface area contributed by atoms with Crippen LogP contribution in [0.4, 0.5) is 5.82 Å². The molecule has 0 fully saturated rings. The van der Waals surface area contributed by atoms with E-state index in [-0.39, 0.29) is 0 Å². The molecular formula is C14H18N2O2. The zero-order valence-electron chi connectivity index (χ0n) is 11.1. The molecule has 0 radical (unpaired) electrons. The van der Waals surface area contributed by atoms with Gasteiger partial charge in [-0.1, -0.05) is 11.6 Å². The van der Waals surface area contributed by atoms with Gasteiger partial charge in [-0.15, -0.1) is 0 Å². The average molecular weight is 246 g/mol. The van der Waals surface area contributed by atoms with Gasteiger partial charge in [0.05, 0.1) is 0 Å². The highest BCUT2D eigenvalue weighted by atomic mass is 16.6. The van der Waals surface area contributed by atoms with E-state index in [1.807, 2.05) is 45.9 Å². The molecule has 2 rings (SSSR count). The molecule has 0 unspecified atom stereocenters. The monoisotopic (exact) mass is 246 g/mol. The number of carbonyl (C=O) groups excluding carboxylic acids is 1. The molecule has 1 aromatic heterocycles. The van der Waals surface area contributed by atoms with Gasteiger partial charge in [0.15, 0.2) is 0 Å². The first-order valence-electron chi connectivity index (χ1n) is 5.89. The summed E-state index contributed by atoms with van der Waals surface area (Å²) in [5.74, 6) is -0.0401. The number of nitrogen functional groups attached to an aromatic ring is 1. The molecule has 0 atom stereocenters. The van der Waals surface area contributed by atoms with Gasteiger partial charge in [-0.05, 0) is 39.8 Å². The Morgan fingerprint density at radius 3 is 2.61 bits per heavy atom. The molecule has 0 amide bonds. The standard InChI is InChI=1S/C14H18N2O2/c1-8-5-6-10-9(7-8)11(12(15)16-10)13(17)18-14(2,3)4/h5-7,16H,15H2,1-4H3. The van der Waals surface area contributed by atoms with E-state index in [4.69, 9.17) is 10.5 Å². The Balaban J connectivity index is 2.53. The molecule has 4 heteroatoms. The van der Waals surface area contributed by atoms with Crippen LogP contribution < -0.4 is 5.73 Å². The minimum absolute atomic E-state index is 0.352. The maximum Gasteiger partial charge on any atom is 0.343 e. The number of H-pyrrole nitrogens is 1. The van der Waals surface area contributed by atoms with Crippen LogP contribution in [0, 0.1) is 6.92 Å². The fourth-order valence-electron chi connectivity index (χ4n) is 1.88. The number of aryl methyl sites for hydroxylation is 1. The molecular weight excluding hydrogens is 228 g/mol. The summed E-state index contributed by atoms with van der Waals surface area (Å²) in [5, 5.41) is 0.807. The number of benzene rings is 1. The lowest BCUT2D eigenvalue weighted by molar-refractivity contribution is 0.00732. The lowest BCUT2D eigenvalue weighted by Gasteiger charge is -2.19. The van der Waals surface area contributed by atoms with Crippen molar-refractivity contribution in [3.63, 3.8) is 0 Å². The molecule has 0 aliphatic rings. The second-order valence-corrected chi connectivity index (χ2v) is 5.46. The van der Waals surface area contributed by atoms with Crippen molar-refractivity contribution in [2.45, 2.75) is 33.3 Å². The van der Waals surface area contributed by atoms with E-state index < -0.39 is 11.6 Å². The first-order chi connectivity index (χ1) is 8.28. The molecule has 0 bridgehead atoms. The van der Waals surface area contributed by atoms with Gasteiger partial charge in [0.1, 0.15) is 17.0 Å². The Bertz CT molecular complexity index is 606. The molecule has 1 heterocycles. The highest BCUT2D eigenvalue weighted by Crippen LogP contribution is 2.27. The van der Waals surface area contributed by atoms with Gasteiger partial charge >= 0.3 is 5.97 Å². The number of hydrogen-bond acceptors (Lipinski definition) is 3. The third-order valence-electron chi connectivity index (χ3n) is 2.59. The van der Waals surface area contributed by atoms with Crippen LogP contribution in [-0.4, -0.2) is 16.6 Å². The van der Waals surface area contributed by atoms with Crippen LogP contribution in [0.2, 0.25) is 0 Å². The van der Waals surface area contributed by atoms with Gasteiger partial charge in [0.25, 0.3) is 0 Å². The van der Waals surface area contributed by atoms with Crippen molar-refractivity contribution in [2.24, 2.45) is 0 Å². The number of nitrogens with one attached hydrogen (secondary N) is 1. The van der Waals surface area contributed by atoms with Gasteiger partial charge in [-0.3, -0.25) is 0 Å². The first-order valence-corrected chi connectivity index (χ1v) is 5.89. The van der Waals surface area contributed by atoms with E-state index >= 15 is 0 Å². The molecule has 96 valence electrons. The zero-order valence-corrected chi connectivity index (χ0v) is 11.1. The Hall–Kier alpha value is -1.97. The predicted octanol–water partition coefficient (Wildman–Crippen LogP) is 3.01. The highest BCUT2D eigenvalue weighted by Gasteiger charge is 2.23. The molecule has 0 saturated heterocycles. The van der Waals surface area contributed by atoms with Crippen molar-refractivity contribution in [3.8, 4) is 0 Å². The van der Waals surface area contributed by atoms with Crippen LogP contribution in [0.3, 0.4) is 0 Å². The summed E-state index contributed by atoms with van der Waals surface area (Å²) < 4.78 is 5.37. The zero-order chi connectivity index (χ0) is 13.5. The van der Waals surface area contributed by atoms with Gasteiger partial charge in [0, 0.05) is 10.9 Å². The third-order valence-corrected chi connectivity index (χ3v) is 2.59. The fourth-order valence-corrected chi connectivity index (χ4v) is 1.88. The van der Waals surface area contributed by atoms with Crippen molar-refractivity contribution >= 4 is 22.7 Å². The number of rotatable bonds is 1. The summed E-state index contributed by atoms with van der Waals surface area (Å²) in [5.41, 5.74) is 7.68. The Morgan fingerprint density at radius 2 is 2.00 bits per heavy atom. The molecule has 3 N–H and O–H groups in total. The highest BCUT2D eigenvalue weighted by molar-refractivity contribution is 6.09. The van der Waals surface area contributed by atoms with E-state index in [1.165, 1.54) is 0 Å². The minimum Gasteiger partial charge on any atom is -0.456 e. The molecule has 0 spiro atoms. The van der Waals surface area contributed by atoms with Crippen molar-refractivity contribution < 1.29 is 9.53 Å². The fraction of sp³-hybridized carbons (Fsp3) is 0.357. The normalized spacial score (nSPS) is 11.8. The van der Waals surface area contributed by atoms with Gasteiger partial charge in [-0.25, -0.2) is 4.79 Å². The molecule has 0 aliphatic carbocycles. The average Bonchev–Trinajstić information content (AvgIpc) is 2.50. The lowest BCUT2D eigenvalue weighted by atomic mass is 10.1. The maximum absolute atomic E-state index is 12.1. The van der Waals surface area contributed by atoms with E-state index in [9.17, 15) is 4.79 Å². The SMILES string of the molecule is Cc1ccc2[nH]c(N)c(C(=O)OC(C)(C)C)c2c1. The van der Waals surface area contributed by atoms with Crippen molar-refractivity contribution in [1.82, 2.24) is 4.98 Å².